The Balaban J connectivity index is 1.90. The Kier molecular flexibility index (Phi) is 2.60. The van der Waals surface area contributed by atoms with Crippen LogP contribution in [0, 0.1) is 0 Å². The number of hydrogen-bond acceptors (Lipinski definition) is 4. The molecule has 5 heteroatoms. The lowest BCUT2D eigenvalue weighted by molar-refractivity contribution is 0.0838. The molecule has 0 unspecified atom stereocenters. The molecule has 0 atom stereocenters. The highest BCUT2D eigenvalue weighted by molar-refractivity contribution is 7.11. The maximum absolute atomic E-state index is 11.4. The summed E-state index contributed by atoms with van der Waals surface area (Å²) in [5, 5.41) is 2.32. The van der Waals surface area contributed by atoms with Gasteiger partial charge in [0.25, 0.3) is 11.1 Å². The van der Waals surface area contributed by atoms with Crippen LogP contribution in [0.2, 0.25) is 0 Å². The average molecular weight is 208 g/mol. The van der Waals surface area contributed by atoms with Crippen molar-refractivity contribution in [1.29, 1.82) is 0 Å². The normalized spacial score (nSPS) is 10.0. The number of carbonyl (C=O) groups is 1. The van der Waals surface area contributed by atoms with Crippen molar-refractivity contribution in [3.05, 3.63) is 36.1 Å². The summed E-state index contributed by atoms with van der Waals surface area (Å²) in [7, 11) is 0. The predicted octanol–water partition coefficient (Wildman–Crippen LogP) is 1.66. The summed E-state index contributed by atoms with van der Waals surface area (Å²) in [5.74, 6) is -0.106. The third-order valence-corrected chi connectivity index (χ3v) is 2.30. The Morgan fingerprint density at radius 2 is 2.29 bits per heavy atom. The van der Waals surface area contributed by atoms with Crippen LogP contribution < -0.4 is 4.74 Å². The lowest BCUT2D eigenvalue weighted by Gasteiger charge is -2.01. The lowest BCUT2D eigenvalue weighted by atomic mass is 10.6. The van der Waals surface area contributed by atoms with Crippen LogP contribution in [0.25, 0.3) is 0 Å². The van der Waals surface area contributed by atoms with E-state index in [0.29, 0.717) is 5.19 Å². The first-order chi connectivity index (χ1) is 6.86. The second-order valence-electron chi connectivity index (χ2n) is 2.57. The molecule has 0 bridgehead atoms. The third kappa shape index (κ3) is 2.00. The van der Waals surface area contributed by atoms with Gasteiger partial charge in [0.15, 0.2) is 6.61 Å². The molecule has 0 aliphatic carbocycles. The van der Waals surface area contributed by atoms with Crippen LogP contribution in [0.1, 0.15) is 4.79 Å². The van der Waals surface area contributed by atoms with Gasteiger partial charge in [0.2, 0.25) is 0 Å². The van der Waals surface area contributed by atoms with E-state index in [4.69, 9.17) is 4.74 Å². The summed E-state index contributed by atoms with van der Waals surface area (Å²) < 4.78 is 6.65. The second kappa shape index (κ2) is 4.06. The Morgan fingerprint density at radius 1 is 1.50 bits per heavy atom. The number of rotatable bonds is 3. The summed E-state index contributed by atoms with van der Waals surface area (Å²) in [4.78, 5) is 15.3. The zero-order valence-corrected chi connectivity index (χ0v) is 8.11. The van der Waals surface area contributed by atoms with E-state index in [-0.39, 0.29) is 12.5 Å². The van der Waals surface area contributed by atoms with Crippen LogP contribution >= 0.6 is 11.3 Å². The molecule has 2 heterocycles. The molecule has 72 valence electrons. The zero-order valence-electron chi connectivity index (χ0n) is 7.29. The fourth-order valence-electron chi connectivity index (χ4n) is 0.980. The molecular weight excluding hydrogens is 200 g/mol. The number of hydrogen-bond donors (Lipinski definition) is 0. The van der Waals surface area contributed by atoms with Gasteiger partial charge in [-0.3, -0.25) is 9.36 Å². The topological polar surface area (TPSA) is 44.1 Å². The fourth-order valence-corrected chi connectivity index (χ4v) is 1.47. The maximum Gasteiger partial charge on any atom is 0.273 e. The highest BCUT2D eigenvalue weighted by atomic mass is 32.1. The molecule has 0 aliphatic heterocycles. The van der Waals surface area contributed by atoms with Gasteiger partial charge in [0.05, 0.1) is 0 Å². The summed E-state index contributed by atoms with van der Waals surface area (Å²) in [6.07, 6.45) is 5.02. The van der Waals surface area contributed by atoms with Gasteiger partial charge in [-0.05, 0) is 12.1 Å². The first kappa shape index (κ1) is 8.96. The quantitative estimate of drug-likeness (QED) is 0.770. The van der Waals surface area contributed by atoms with Gasteiger partial charge in [0.1, 0.15) is 0 Å². The molecule has 2 aromatic heterocycles. The minimum absolute atomic E-state index is 0.0161. The first-order valence-electron chi connectivity index (χ1n) is 4.05. The van der Waals surface area contributed by atoms with Crippen LogP contribution in [0.3, 0.4) is 0 Å². The van der Waals surface area contributed by atoms with Crippen LogP contribution in [-0.4, -0.2) is 22.1 Å². The highest BCUT2D eigenvalue weighted by Crippen LogP contribution is 2.13. The molecule has 2 aromatic rings. The molecule has 2 rings (SSSR count). The summed E-state index contributed by atoms with van der Waals surface area (Å²) in [6.45, 7) is 0.0161. The maximum atomic E-state index is 11.4. The molecule has 14 heavy (non-hydrogen) atoms. The first-order valence-corrected chi connectivity index (χ1v) is 4.93. The van der Waals surface area contributed by atoms with E-state index in [1.54, 1.807) is 36.1 Å². The van der Waals surface area contributed by atoms with Crippen LogP contribution in [0.4, 0.5) is 0 Å². The molecule has 0 spiro atoms. The Labute approximate surface area is 84.8 Å². The smallest absolute Gasteiger partial charge is 0.273 e. The SMILES string of the molecule is O=C(COc1nccs1)n1cccc1. The molecule has 0 aliphatic rings. The molecule has 0 aromatic carbocycles. The van der Waals surface area contributed by atoms with Gasteiger partial charge >= 0.3 is 0 Å². The van der Waals surface area contributed by atoms with Gasteiger partial charge in [-0.1, -0.05) is 11.3 Å². The van der Waals surface area contributed by atoms with E-state index in [1.807, 2.05) is 0 Å². The summed E-state index contributed by atoms with van der Waals surface area (Å²) in [5.41, 5.74) is 0. The van der Waals surface area contributed by atoms with Crippen LogP contribution in [0.15, 0.2) is 36.1 Å². The molecule has 0 radical (unpaired) electrons. The predicted molar refractivity (Wildman–Crippen MR) is 52.7 cm³/mol. The second-order valence-corrected chi connectivity index (χ2v) is 3.43. The highest BCUT2D eigenvalue weighted by Gasteiger charge is 2.04. The van der Waals surface area contributed by atoms with E-state index in [2.05, 4.69) is 4.98 Å². The molecular formula is C9H8N2O2S. The standard InChI is InChI=1S/C9H8N2O2S/c12-8(11-4-1-2-5-11)7-13-9-10-3-6-14-9/h1-6H,7H2. The van der Waals surface area contributed by atoms with Crippen molar-refractivity contribution in [1.82, 2.24) is 9.55 Å². The zero-order chi connectivity index (χ0) is 9.80. The van der Waals surface area contributed by atoms with E-state index in [0.717, 1.165) is 0 Å². The van der Waals surface area contributed by atoms with Crippen molar-refractivity contribution in [3.8, 4) is 5.19 Å². The summed E-state index contributed by atoms with van der Waals surface area (Å²) in [6, 6.07) is 3.59. The Morgan fingerprint density at radius 3 is 2.93 bits per heavy atom. The number of carbonyl (C=O) groups excluding carboxylic acids is 1. The van der Waals surface area contributed by atoms with Crippen molar-refractivity contribution < 1.29 is 9.53 Å². The van der Waals surface area contributed by atoms with Gasteiger partial charge in [0, 0.05) is 24.0 Å². The minimum Gasteiger partial charge on any atom is -0.460 e. The Bertz CT molecular complexity index is 394. The van der Waals surface area contributed by atoms with Gasteiger partial charge in [-0.2, -0.15) is 0 Å². The van der Waals surface area contributed by atoms with E-state index >= 15 is 0 Å². The molecule has 0 saturated carbocycles. The fraction of sp³-hybridized carbons (Fsp3) is 0.111. The van der Waals surface area contributed by atoms with Gasteiger partial charge in [-0.15, -0.1) is 0 Å². The molecule has 0 amide bonds. The number of thiazole rings is 1. The lowest BCUT2D eigenvalue weighted by Crippen LogP contribution is -2.17. The molecule has 4 nitrogen and oxygen atoms in total. The van der Waals surface area contributed by atoms with Crippen molar-refractivity contribution in [2.75, 3.05) is 6.61 Å². The monoisotopic (exact) mass is 208 g/mol. The molecule has 0 saturated heterocycles. The number of nitrogens with zero attached hydrogens (tertiary/aromatic N) is 2. The van der Waals surface area contributed by atoms with E-state index < -0.39 is 0 Å². The van der Waals surface area contributed by atoms with Gasteiger partial charge in [-0.25, -0.2) is 4.98 Å². The van der Waals surface area contributed by atoms with Crippen molar-refractivity contribution >= 4 is 17.2 Å². The minimum atomic E-state index is -0.106. The van der Waals surface area contributed by atoms with E-state index in [9.17, 15) is 4.79 Å². The van der Waals surface area contributed by atoms with Crippen LogP contribution in [-0.2, 0) is 0 Å². The molecule has 0 N–H and O–H groups in total. The van der Waals surface area contributed by atoms with Gasteiger partial charge < -0.3 is 4.74 Å². The Hall–Kier alpha value is -1.62. The van der Waals surface area contributed by atoms with Crippen LogP contribution in [0.5, 0.6) is 5.19 Å². The molecule has 0 fully saturated rings. The largest absolute Gasteiger partial charge is 0.460 e. The van der Waals surface area contributed by atoms with Crippen molar-refractivity contribution in [2.24, 2.45) is 0 Å². The van der Waals surface area contributed by atoms with Crippen molar-refractivity contribution in [3.63, 3.8) is 0 Å². The number of ether oxygens (including phenoxy) is 1. The third-order valence-electron chi connectivity index (χ3n) is 1.62. The number of aromatic nitrogens is 2. The van der Waals surface area contributed by atoms with E-state index in [1.165, 1.54) is 15.9 Å². The summed E-state index contributed by atoms with van der Waals surface area (Å²) >= 11 is 1.37. The average Bonchev–Trinajstić information content (AvgIpc) is 2.87. The van der Waals surface area contributed by atoms with Crippen molar-refractivity contribution in [2.45, 2.75) is 0 Å².